The van der Waals surface area contributed by atoms with Crippen molar-refractivity contribution >= 4 is 5.69 Å². The molecule has 2 N–H and O–H groups in total. The smallest absolute Gasteiger partial charge is 0.189 e. The number of nitrogens with zero attached hydrogens (tertiary/aromatic N) is 1. The van der Waals surface area contributed by atoms with E-state index in [2.05, 4.69) is 11.8 Å². The molecule has 2 aliphatic rings. The van der Waals surface area contributed by atoms with E-state index < -0.39 is 0 Å². The van der Waals surface area contributed by atoms with Crippen LogP contribution in [0.25, 0.3) is 0 Å². The van der Waals surface area contributed by atoms with Crippen LogP contribution in [0, 0.1) is 0 Å². The number of ether oxygens (including phenoxy) is 3. The molecule has 2 aliphatic heterocycles. The summed E-state index contributed by atoms with van der Waals surface area (Å²) in [5.41, 5.74) is 8.96. The number of hydrogen-bond donors (Lipinski definition) is 1. The van der Waals surface area contributed by atoms with Crippen LogP contribution < -0.4 is 10.5 Å². The topological polar surface area (TPSA) is 57.0 Å². The van der Waals surface area contributed by atoms with E-state index in [0.29, 0.717) is 19.5 Å². The zero-order valence-corrected chi connectivity index (χ0v) is 11.9. The summed E-state index contributed by atoms with van der Waals surface area (Å²) < 4.78 is 16.7. The van der Waals surface area contributed by atoms with Crippen molar-refractivity contribution < 1.29 is 14.2 Å². The first-order chi connectivity index (χ1) is 9.76. The van der Waals surface area contributed by atoms with E-state index in [1.54, 1.807) is 0 Å². The van der Waals surface area contributed by atoms with Crippen molar-refractivity contribution in [2.24, 2.45) is 0 Å². The van der Waals surface area contributed by atoms with E-state index in [4.69, 9.17) is 19.9 Å². The maximum absolute atomic E-state index is 5.99. The molecule has 1 unspecified atom stereocenters. The number of fused-ring (bicyclic) bond motifs is 1. The van der Waals surface area contributed by atoms with Crippen LogP contribution in [0.5, 0.6) is 5.75 Å². The molecule has 0 amide bonds. The van der Waals surface area contributed by atoms with E-state index >= 15 is 0 Å². The van der Waals surface area contributed by atoms with Gasteiger partial charge in [0.1, 0.15) is 5.75 Å². The van der Waals surface area contributed by atoms with Crippen molar-refractivity contribution in [3.05, 3.63) is 23.3 Å². The van der Waals surface area contributed by atoms with Crippen molar-refractivity contribution in [3.8, 4) is 5.75 Å². The van der Waals surface area contributed by atoms with Crippen molar-refractivity contribution in [1.29, 1.82) is 0 Å². The first kappa shape index (κ1) is 13.7. The normalized spacial score (nSPS) is 23.1. The molecule has 1 fully saturated rings. The summed E-state index contributed by atoms with van der Waals surface area (Å²) in [6.45, 7) is 6.64. The molecule has 1 atom stereocenters. The van der Waals surface area contributed by atoms with Crippen LogP contribution in [-0.2, 0) is 22.6 Å². The van der Waals surface area contributed by atoms with Crippen LogP contribution >= 0.6 is 0 Å². The molecule has 20 heavy (non-hydrogen) atoms. The van der Waals surface area contributed by atoms with Gasteiger partial charge in [0.05, 0.1) is 19.3 Å². The minimum absolute atomic E-state index is 0.324. The fourth-order valence-electron chi connectivity index (χ4n) is 2.86. The van der Waals surface area contributed by atoms with Crippen molar-refractivity contribution in [2.45, 2.75) is 32.6 Å². The molecule has 0 saturated carbocycles. The second-order valence-electron chi connectivity index (χ2n) is 5.42. The Kier molecular flexibility index (Phi) is 4.10. The summed E-state index contributed by atoms with van der Waals surface area (Å²) in [7, 11) is 0. The van der Waals surface area contributed by atoms with E-state index in [1.165, 1.54) is 0 Å². The zero-order valence-electron chi connectivity index (χ0n) is 11.9. The van der Waals surface area contributed by atoms with Gasteiger partial charge in [-0.25, -0.2) is 0 Å². The van der Waals surface area contributed by atoms with E-state index in [0.717, 1.165) is 55.2 Å². The second-order valence-corrected chi connectivity index (χ2v) is 5.42. The van der Waals surface area contributed by atoms with Gasteiger partial charge in [0.15, 0.2) is 6.79 Å². The third-order valence-electron chi connectivity index (χ3n) is 3.88. The Morgan fingerprint density at radius 2 is 2.30 bits per heavy atom. The number of nitrogens with two attached hydrogens (primary N) is 1. The van der Waals surface area contributed by atoms with Gasteiger partial charge in [-0.1, -0.05) is 6.92 Å². The third-order valence-corrected chi connectivity index (χ3v) is 3.88. The molecule has 1 saturated heterocycles. The molecule has 110 valence electrons. The Bertz CT molecular complexity index is 478. The van der Waals surface area contributed by atoms with Gasteiger partial charge in [-0.2, -0.15) is 0 Å². The quantitative estimate of drug-likeness (QED) is 0.854. The molecule has 5 heteroatoms. The highest BCUT2D eigenvalue weighted by molar-refractivity contribution is 5.53. The molecule has 0 spiro atoms. The highest BCUT2D eigenvalue weighted by Gasteiger charge is 2.22. The molecule has 1 aromatic carbocycles. The standard InChI is InChI=1S/C15H22N2O3/c1-2-14-8-17(3-4-19-14)7-11-5-13(16)6-12-9-18-10-20-15(11)12/h5-6,14H,2-4,7-10,16H2,1H3. The van der Waals surface area contributed by atoms with Gasteiger partial charge in [-0.05, 0) is 18.6 Å². The molecule has 2 heterocycles. The van der Waals surface area contributed by atoms with Gasteiger partial charge in [-0.3, -0.25) is 4.90 Å². The molecular weight excluding hydrogens is 256 g/mol. The summed E-state index contributed by atoms with van der Waals surface area (Å²) >= 11 is 0. The lowest BCUT2D eigenvalue weighted by molar-refractivity contribution is -0.0349. The largest absolute Gasteiger partial charge is 0.467 e. The van der Waals surface area contributed by atoms with Crippen LogP contribution in [-0.4, -0.2) is 37.5 Å². The zero-order chi connectivity index (χ0) is 13.9. The van der Waals surface area contributed by atoms with Crippen LogP contribution in [0.1, 0.15) is 24.5 Å². The first-order valence-electron chi connectivity index (χ1n) is 7.22. The summed E-state index contributed by atoms with van der Waals surface area (Å²) in [5.74, 6) is 0.949. The lowest BCUT2D eigenvalue weighted by Crippen LogP contribution is -2.41. The Labute approximate surface area is 119 Å². The van der Waals surface area contributed by atoms with Crippen molar-refractivity contribution in [3.63, 3.8) is 0 Å². The average molecular weight is 278 g/mol. The molecule has 3 rings (SSSR count). The Morgan fingerprint density at radius 1 is 1.40 bits per heavy atom. The number of benzene rings is 1. The Hall–Kier alpha value is -1.30. The Morgan fingerprint density at radius 3 is 3.15 bits per heavy atom. The van der Waals surface area contributed by atoms with Gasteiger partial charge >= 0.3 is 0 Å². The third kappa shape index (κ3) is 2.90. The summed E-state index contributed by atoms with van der Waals surface area (Å²) in [4.78, 5) is 2.41. The van der Waals surface area contributed by atoms with Gasteiger partial charge < -0.3 is 19.9 Å². The lowest BCUT2D eigenvalue weighted by Gasteiger charge is -2.33. The maximum atomic E-state index is 5.99. The fourth-order valence-corrected chi connectivity index (χ4v) is 2.86. The number of anilines is 1. The van der Waals surface area contributed by atoms with Crippen molar-refractivity contribution in [2.75, 3.05) is 32.2 Å². The molecule has 1 aromatic rings. The molecule has 0 aromatic heterocycles. The van der Waals surface area contributed by atoms with Crippen LogP contribution in [0.3, 0.4) is 0 Å². The molecule has 0 aliphatic carbocycles. The van der Waals surface area contributed by atoms with Crippen LogP contribution in [0.2, 0.25) is 0 Å². The molecule has 0 bridgehead atoms. The average Bonchev–Trinajstić information content (AvgIpc) is 2.47. The summed E-state index contributed by atoms with van der Waals surface area (Å²) in [6.07, 6.45) is 1.39. The lowest BCUT2D eigenvalue weighted by atomic mass is 10.1. The molecule has 0 radical (unpaired) electrons. The summed E-state index contributed by atoms with van der Waals surface area (Å²) in [5, 5.41) is 0. The number of nitrogen functional groups attached to an aromatic ring is 1. The predicted molar refractivity (Wildman–Crippen MR) is 76.4 cm³/mol. The summed E-state index contributed by atoms with van der Waals surface area (Å²) in [6, 6.07) is 3.95. The van der Waals surface area contributed by atoms with E-state index in [1.807, 2.05) is 12.1 Å². The van der Waals surface area contributed by atoms with Gasteiger partial charge in [0.2, 0.25) is 0 Å². The van der Waals surface area contributed by atoms with Gasteiger partial charge in [0.25, 0.3) is 0 Å². The predicted octanol–water partition coefficient (Wildman–Crippen LogP) is 1.75. The SMILES string of the molecule is CCC1CN(Cc2cc(N)cc3c2OCOC3)CCO1. The number of morpholine rings is 1. The first-order valence-corrected chi connectivity index (χ1v) is 7.22. The van der Waals surface area contributed by atoms with Gasteiger partial charge in [0, 0.05) is 36.4 Å². The second kappa shape index (κ2) is 5.99. The van der Waals surface area contributed by atoms with Gasteiger partial charge in [-0.15, -0.1) is 0 Å². The number of rotatable bonds is 3. The van der Waals surface area contributed by atoms with E-state index in [-0.39, 0.29) is 0 Å². The minimum Gasteiger partial charge on any atom is -0.467 e. The number of hydrogen-bond acceptors (Lipinski definition) is 5. The van der Waals surface area contributed by atoms with Crippen molar-refractivity contribution in [1.82, 2.24) is 4.90 Å². The minimum atomic E-state index is 0.324. The van der Waals surface area contributed by atoms with E-state index in [9.17, 15) is 0 Å². The highest BCUT2D eigenvalue weighted by atomic mass is 16.7. The molecule has 5 nitrogen and oxygen atoms in total. The van der Waals surface area contributed by atoms with Crippen LogP contribution in [0.4, 0.5) is 5.69 Å². The molecular formula is C15H22N2O3. The Balaban J connectivity index is 1.78. The van der Waals surface area contributed by atoms with Crippen LogP contribution in [0.15, 0.2) is 12.1 Å². The maximum Gasteiger partial charge on any atom is 0.189 e. The monoisotopic (exact) mass is 278 g/mol. The highest BCUT2D eigenvalue weighted by Crippen LogP contribution is 2.32. The fraction of sp³-hybridized carbons (Fsp3) is 0.600.